The normalized spacial score (nSPS) is 17.5. The molecule has 10 nitrogen and oxygen atoms in total. The highest BCUT2D eigenvalue weighted by molar-refractivity contribution is 7.12. The van der Waals surface area contributed by atoms with Gasteiger partial charge in [0.1, 0.15) is 11.4 Å². The molecule has 1 saturated heterocycles. The van der Waals surface area contributed by atoms with Crippen LogP contribution in [0.25, 0.3) is 16.2 Å². The Labute approximate surface area is 218 Å². The minimum atomic E-state index is -1.29. The second kappa shape index (κ2) is 10.2. The quantitative estimate of drug-likeness (QED) is 0.459. The number of aryl methyl sites for hydroxylation is 1. The van der Waals surface area contributed by atoms with Crippen molar-refractivity contribution in [3.8, 4) is 5.13 Å². The highest BCUT2D eigenvalue weighted by atomic mass is 32.1. The van der Waals surface area contributed by atoms with E-state index < -0.39 is 11.4 Å². The van der Waals surface area contributed by atoms with Gasteiger partial charge in [0, 0.05) is 37.5 Å². The maximum atomic E-state index is 13.2. The highest BCUT2D eigenvalue weighted by Gasteiger charge is 2.40. The van der Waals surface area contributed by atoms with Crippen molar-refractivity contribution in [3.05, 3.63) is 45.2 Å². The van der Waals surface area contributed by atoms with Crippen molar-refractivity contribution in [2.75, 3.05) is 31.2 Å². The zero-order valence-corrected chi connectivity index (χ0v) is 21.8. The second-order valence-electron chi connectivity index (χ2n) is 9.93. The Morgan fingerprint density at radius 1 is 1.27 bits per heavy atom. The molecule has 0 spiro atoms. The summed E-state index contributed by atoms with van der Waals surface area (Å²) in [5, 5.41) is 15.5. The number of thiazole rings is 1. The van der Waals surface area contributed by atoms with E-state index in [-0.39, 0.29) is 28.3 Å². The summed E-state index contributed by atoms with van der Waals surface area (Å²) >= 11 is 1.32. The van der Waals surface area contributed by atoms with Gasteiger partial charge in [-0.3, -0.25) is 14.2 Å². The lowest BCUT2D eigenvalue weighted by Gasteiger charge is -2.43. The molecule has 0 atom stereocenters. The standard InChI is InChI=1S/C26H31N5O5S/c1-3-36-15-26(7-5-4-6-8-26)29-23(33)17-12-30(13-17)19-11-16(2)20-21(32)18(24(34)35)14-31(22(20)28-19)25-27-9-10-37-25/h9-11,14,17H,3-8,12-13,15H2,1-2H3,(H,29,33)(H,34,35). The number of ether oxygens (including phenoxy) is 1. The number of aromatic nitrogens is 3. The van der Waals surface area contributed by atoms with Crippen LogP contribution in [-0.4, -0.2) is 63.4 Å². The molecule has 5 rings (SSSR count). The number of anilines is 1. The van der Waals surface area contributed by atoms with E-state index in [2.05, 4.69) is 10.3 Å². The number of aromatic carboxylic acids is 1. The van der Waals surface area contributed by atoms with Crippen LogP contribution in [0.2, 0.25) is 0 Å². The number of carboxylic acids is 1. The Hall–Kier alpha value is -3.31. The molecule has 0 bridgehead atoms. The van der Waals surface area contributed by atoms with Crippen molar-refractivity contribution < 1.29 is 19.4 Å². The van der Waals surface area contributed by atoms with Crippen molar-refractivity contribution in [1.29, 1.82) is 0 Å². The minimum absolute atomic E-state index is 0.0427. The minimum Gasteiger partial charge on any atom is -0.477 e. The fourth-order valence-corrected chi connectivity index (χ4v) is 5.92. The van der Waals surface area contributed by atoms with E-state index in [1.165, 1.54) is 24.0 Å². The molecule has 2 N–H and O–H groups in total. The molecular formula is C26H31N5O5S. The van der Waals surface area contributed by atoms with Gasteiger partial charge in [-0.25, -0.2) is 14.8 Å². The van der Waals surface area contributed by atoms with E-state index in [0.717, 1.165) is 25.7 Å². The van der Waals surface area contributed by atoms with Crippen molar-refractivity contribution in [2.45, 2.75) is 51.5 Å². The number of carboxylic acid groups (broad SMARTS) is 1. The lowest BCUT2D eigenvalue weighted by Crippen LogP contribution is -2.60. The van der Waals surface area contributed by atoms with Gasteiger partial charge < -0.3 is 20.1 Å². The molecule has 196 valence electrons. The first kappa shape index (κ1) is 25.3. The van der Waals surface area contributed by atoms with E-state index in [1.54, 1.807) is 29.1 Å². The molecule has 0 unspecified atom stereocenters. The molecule has 1 aliphatic carbocycles. The third-order valence-corrected chi connectivity index (χ3v) is 8.13. The zero-order valence-electron chi connectivity index (χ0n) is 21.0. The summed E-state index contributed by atoms with van der Waals surface area (Å²) in [6.07, 6.45) is 8.15. The van der Waals surface area contributed by atoms with Crippen LogP contribution < -0.4 is 15.6 Å². The summed E-state index contributed by atoms with van der Waals surface area (Å²) in [6.45, 7) is 5.95. The van der Waals surface area contributed by atoms with Gasteiger partial charge in [-0.2, -0.15) is 0 Å². The fraction of sp³-hybridized carbons (Fsp3) is 0.500. The summed E-state index contributed by atoms with van der Waals surface area (Å²) in [5.41, 5.74) is -0.200. The van der Waals surface area contributed by atoms with Crippen LogP contribution in [0, 0.1) is 12.8 Å². The van der Waals surface area contributed by atoms with E-state index in [9.17, 15) is 19.5 Å². The van der Waals surface area contributed by atoms with Crippen LogP contribution in [0.5, 0.6) is 0 Å². The number of carbonyl (C=O) groups is 2. The lowest BCUT2D eigenvalue weighted by atomic mass is 9.81. The van der Waals surface area contributed by atoms with Crippen LogP contribution in [0.3, 0.4) is 0 Å². The molecule has 1 aliphatic heterocycles. The van der Waals surface area contributed by atoms with E-state index in [1.807, 2.05) is 11.8 Å². The number of hydrogen-bond donors (Lipinski definition) is 2. The topological polar surface area (TPSA) is 127 Å². The summed E-state index contributed by atoms with van der Waals surface area (Å²) < 4.78 is 7.29. The predicted octanol–water partition coefficient (Wildman–Crippen LogP) is 3.14. The summed E-state index contributed by atoms with van der Waals surface area (Å²) in [7, 11) is 0. The van der Waals surface area contributed by atoms with Gasteiger partial charge >= 0.3 is 5.97 Å². The molecule has 3 aromatic heterocycles. The molecule has 1 amide bonds. The molecular weight excluding hydrogens is 494 g/mol. The van der Waals surface area contributed by atoms with E-state index in [0.29, 0.717) is 48.5 Å². The Morgan fingerprint density at radius 3 is 2.68 bits per heavy atom. The maximum Gasteiger partial charge on any atom is 0.341 e. The number of carbonyl (C=O) groups excluding carboxylic acids is 1. The lowest BCUT2D eigenvalue weighted by molar-refractivity contribution is -0.129. The maximum absolute atomic E-state index is 13.2. The number of amides is 1. The van der Waals surface area contributed by atoms with Crippen LogP contribution in [0.15, 0.2) is 28.6 Å². The monoisotopic (exact) mass is 525 g/mol. The SMILES string of the molecule is CCOCC1(NC(=O)C2CN(c3cc(C)c4c(=O)c(C(=O)O)cn(-c5nccs5)c4n3)C2)CCCCC1. The smallest absolute Gasteiger partial charge is 0.341 e. The van der Waals surface area contributed by atoms with Crippen molar-refractivity contribution in [3.63, 3.8) is 0 Å². The van der Waals surface area contributed by atoms with Gasteiger partial charge in [0.05, 0.1) is 23.4 Å². The summed E-state index contributed by atoms with van der Waals surface area (Å²) in [4.78, 5) is 48.9. The molecule has 3 aromatic rings. The van der Waals surface area contributed by atoms with Crippen molar-refractivity contribution >= 4 is 40.1 Å². The van der Waals surface area contributed by atoms with Crippen LogP contribution in [-0.2, 0) is 9.53 Å². The van der Waals surface area contributed by atoms with Crippen molar-refractivity contribution in [2.24, 2.45) is 5.92 Å². The molecule has 1 saturated carbocycles. The molecule has 2 aliphatic rings. The third-order valence-electron chi connectivity index (χ3n) is 7.36. The molecule has 4 heterocycles. The van der Waals surface area contributed by atoms with E-state index in [4.69, 9.17) is 9.72 Å². The Balaban J connectivity index is 1.40. The van der Waals surface area contributed by atoms with Crippen molar-refractivity contribution in [1.82, 2.24) is 19.9 Å². The molecule has 37 heavy (non-hydrogen) atoms. The number of nitrogens with one attached hydrogen (secondary N) is 1. The molecule has 2 fully saturated rings. The Kier molecular flexibility index (Phi) is 7.00. The molecule has 0 aromatic carbocycles. The average Bonchev–Trinajstić information content (AvgIpc) is 3.37. The van der Waals surface area contributed by atoms with E-state index >= 15 is 0 Å². The summed E-state index contributed by atoms with van der Waals surface area (Å²) in [5.74, 6) is -0.768. The number of pyridine rings is 2. The first-order chi connectivity index (χ1) is 17.8. The zero-order chi connectivity index (χ0) is 26.2. The Morgan fingerprint density at radius 2 is 2.03 bits per heavy atom. The van der Waals surface area contributed by atoms with Gasteiger partial charge in [0.25, 0.3) is 0 Å². The summed E-state index contributed by atoms with van der Waals surface area (Å²) in [6, 6.07) is 1.79. The van der Waals surface area contributed by atoms with Crippen LogP contribution in [0.4, 0.5) is 5.82 Å². The second-order valence-corrected chi connectivity index (χ2v) is 10.8. The average molecular weight is 526 g/mol. The first-order valence-corrected chi connectivity index (χ1v) is 13.5. The number of nitrogens with zero attached hydrogens (tertiary/aromatic N) is 4. The highest BCUT2D eigenvalue weighted by Crippen LogP contribution is 2.32. The van der Waals surface area contributed by atoms with Gasteiger partial charge in [0.2, 0.25) is 11.3 Å². The van der Waals surface area contributed by atoms with Gasteiger partial charge in [-0.05, 0) is 38.3 Å². The molecule has 0 radical (unpaired) electrons. The van der Waals surface area contributed by atoms with Gasteiger partial charge in [-0.1, -0.05) is 19.3 Å². The van der Waals surface area contributed by atoms with Crippen LogP contribution >= 0.6 is 11.3 Å². The Bertz CT molecular complexity index is 1370. The van der Waals surface area contributed by atoms with Gasteiger partial charge in [0.15, 0.2) is 10.8 Å². The first-order valence-electron chi connectivity index (χ1n) is 12.7. The van der Waals surface area contributed by atoms with Gasteiger partial charge in [-0.15, -0.1) is 11.3 Å². The fourth-order valence-electron chi connectivity index (χ4n) is 5.30. The number of rotatable bonds is 8. The predicted molar refractivity (Wildman–Crippen MR) is 141 cm³/mol. The third kappa shape index (κ3) is 4.85. The van der Waals surface area contributed by atoms with Crippen LogP contribution in [0.1, 0.15) is 54.9 Å². The largest absolute Gasteiger partial charge is 0.477 e. The number of hydrogen-bond acceptors (Lipinski definition) is 8. The molecule has 11 heteroatoms. The number of fused-ring (bicyclic) bond motifs is 1.